The Hall–Kier alpha value is -1.30. The van der Waals surface area contributed by atoms with Crippen molar-refractivity contribution in [2.75, 3.05) is 0 Å². The molecular weight excluding hydrogens is 248 g/mol. The zero-order valence-electron chi connectivity index (χ0n) is 9.76. The van der Waals surface area contributed by atoms with Crippen LogP contribution in [0, 0.1) is 6.92 Å². The Labute approximate surface area is 113 Å². The minimum atomic E-state index is 0. The van der Waals surface area contributed by atoms with E-state index < -0.39 is 0 Å². The molecule has 0 aromatic heterocycles. The van der Waals surface area contributed by atoms with Gasteiger partial charge in [0.25, 0.3) is 0 Å². The minimum absolute atomic E-state index is 0. The molecule has 17 heavy (non-hydrogen) atoms. The molecule has 0 spiro atoms. The van der Waals surface area contributed by atoms with Gasteiger partial charge >= 0.3 is 0 Å². The molecule has 1 aliphatic carbocycles. The smallest absolute Gasteiger partial charge is 0 e. The second kappa shape index (κ2) is 4.91. The summed E-state index contributed by atoms with van der Waals surface area (Å²) in [5.74, 6) is 0. The van der Waals surface area contributed by atoms with Crippen LogP contribution < -0.4 is 0 Å². The summed E-state index contributed by atoms with van der Waals surface area (Å²) >= 11 is 0. The van der Waals surface area contributed by atoms with Gasteiger partial charge in [-0.1, -0.05) is 54.6 Å². The van der Waals surface area contributed by atoms with Gasteiger partial charge in [-0.05, 0) is 40.8 Å². The molecule has 86 valence electrons. The number of rotatable bonds is 1. The van der Waals surface area contributed by atoms with E-state index >= 15 is 0 Å². The standard InChI is InChI=1S/C16H14.Fe/c1-12-15-9-5-4-8-14(15)10-11-16(12)13-6-2-3-7-13;/h2-6,8-11H,7H2,1H3;. The van der Waals surface area contributed by atoms with Crippen molar-refractivity contribution in [1.82, 2.24) is 0 Å². The van der Waals surface area contributed by atoms with Gasteiger partial charge in [-0.15, -0.1) is 0 Å². The Bertz CT molecular complexity index is 606. The molecule has 0 unspecified atom stereocenters. The predicted octanol–water partition coefficient (Wildman–Crippen LogP) is 4.49. The normalized spacial score (nSPS) is 13.6. The molecule has 2 aromatic carbocycles. The molecule has 2 aromatic rings. The molecule has 1 heteroatoms. The van der Waals surface area contributed by atoms with Crippen LogP contribution in [0.3, 0.4) is 0 Å². The number of hydrogen-bond donors (Lipinski definition) is 0. The molecule has 1 aliphatic rings. The number of allylic oxidation sites excluding steroid dienone is 4. The summed E-state index contributed by atoms with van der Waals surface area (Å²) in [4.78, 5) is 0. The summed E-state index contributed by atoms with van der Waals surface area (Å²) in [5.41, 5.74) is 4.22. The second-order valence-electron chi connectivity index (χ2n) is 4.28. The van der Waals surface area contributed by atoms with E-state index in [0.717, 1.165) is 6.42 Å². The Morgan fingerprint density at radius 2 is 1.82 bits per heavy atom. The molecule has 0 amide bonds. The van der Waals surface area contributed by atoms with Crippen molar-refractivity contribution in [3.8, 4) is 0 Å². The largest absolute Gasteiger partial charge is 0.0801 e. The predicted molar refractivity (Wildman–Crippen MR) is 70.4 cm³/mol. The molecule has 0 saturated heterocycles. The van der Waals surface area contributed by atoms with E-state index in [2.05, 4.69) is 61.5 Å². The maximum atomic E-state index is 2.25. The van der Waals surface area contributed by atoms with E-state index in [0.29, 0.717) is 0 Å². The summed E-state index contributed by atoms with van der Waals surface area (Å²) in [6.45, 7) is 2.22. The molecule has 0 saturated carbocycles. The van der Waals surface area contributed by atoms with Crippen LogP contribution in [0.1, 0.15) is 17.5 Å². The molecule has 0 radical (unpaired) electrons. The van der Waals surface area contributed by atoms with Crippen LogP contribution in [0.15, 0.2) is 54.6 Å². The average Bonchev–Trinajstić information content (AvgIpc) is 2.83. The summed E-state index contributed by atoms with van der Waals surface area (Å²) in [5, 5.41) is 2.70. The first-order valence-electron chi connectivity index (χ1n) is 5.71. The van der Waals surface area contributed by atoms with Gasteiger partial charge in [-0.25, -0.2) is 0 Å². The van der Waals surface area contributed by atoms with E-state index in [4.69, 9.17) is 0 Å². The third kappa shape index (κ3) is 2.09. The zero-order valence-corrected chi connectivity index (χ0v) is 10.9. The third-order valence-electron chi connectivity index (χ3n) is 3.32. The van der Waals surface area contributed by atoms with Gasteiger partial charge in [-0.2, -0.15) is 0 Å². The molecule has 0 bridgehead atoms. The molecule has 0 aliphatic heterocycles. The first-order chi connectivity index (χ1) is 7.86. The molecule has 0 fully saturated rings. The van der Waals surface area contributed by atoms with Crippen molar-refractivity contribution in [3.63, 3.8) is 0 Å². The van der Waals surface area contributed by atoms with Crippen LogP contribution in [-0.2, 0) is 17.1 Å². The van der Waals surface area contributed by atoms with Crippen molar-refractivity contribution in [2.24, 2.45) is 0 Å². The van der Waals surface area contributed by atoms with Gasteiger partial charge < -0.3 is 0 Å². The molecule has 0 N–H and O–H groups in total. The number of fused-ring (bicyclic) bond motifs is 1. The van der Waals surface area contributed by atoms with E-state index in [-0.39, 0.29) is 17.1 Å². The van der Waals surface area contributed by atoms with E-state index in [9.17, 15) is 0 Å². The molecule has 3 rings (SSSR count). The number of aryl methyl sites for hydroxylation is 1. The number of benzene rings is 2. The topological polar surface area (TPSA) is 0 Å². The Kier molecular flexibility index (Phi) is 3.51. The van der Waals surface area contributed by atoms with Crippen LogP contribution in [0.2, 0.25) is 0 Å². The van der Waals surface area contributed by atoms with Crippen LogP contribution in [0.25, 0.3) is 16.3 Å². The SMILES string of the molecule is Cc1c(C2=CC=CC2)ccc2ccccc12.[Fe]. The Morgan fingerprint density at radius 1 is 1.00 bits per heavy atom. The third-order valence-corrected chi connectivity index (χ3v) is 3.32. The second-order valence-corrected chi connectivity index (χ2v) is 4.28. The first-order valence-corrected chi connectivity index (χ1v) is 5.71. The molecular formula is C16H14Fe. The fourth-order valence-corrected chi connectivity index (χ4v) is 2.42. The minimum Gasteiger partial charge on any atom is -0.0801 e. The van der Waals surface area contributed by atoms with Gasteiger partial charge in [0.1, 0.15) is 0 Å². The van der Waals surface area contributed by atoms with E-state index in [1.807, 2.05) is 0 Å². The monoisotopic (exact) mass is 262 g/mol. The maximum Gasteiger partial charge on any atom is 0 e. The van der Waals surface area contributed by atoms with Crippen LogP contribution >= 0.6 is 0 Å². The van der Waals surface area contributed by atoms with E-state index in [1.54, 1.807) is 0 Å². The average molecular weight is 262 g/mol. The molecule has 0 heterocycles. The van der Waals surface area contributed by atoms with Crippen LogP contribution in [0.5, 0.6) is 0 Å². The number of hydrogen-bond acceptors (Lipinski definition) is 0. The fourth-order valence-electron chi connectivity index (χ4n) is 2.42. The first kappa shape index (κ1) is 12.2. The van der Waals surface area contributed by atoms with Crippen molar-refractivity contribution < 1.29 is 17.1 Å². The Balaban J connectivity index is 0.00000108. The summed E-state index contributed by atoms with van der Waals surface area (Å²) in [6.07, 6.45) is 7.64. The summed E-state index contributed by atoms with van der Waals surface area (Å²) in [6, 6.07) is 13.1. The molecule has 0 nitrogen and oxygen atoms in total. The maximum absolute atomic E-state index is 2.25. The van der Waals surface area contributed by atoms with Gasteiger partial charge in [0.2, 0.25) is 0 Å². The van der Waals surface area contributed by atoms with Gasteiger partial charge in [0.05, 0.1) is 0 Å². The quantitative estimate of drug-likeness (QED) is 0.664. The Morgan fingerprint density at radius 3 is 2.59 bits per heavy atom. The van der Waals surface area contributed by atoms with Gasteiger partial charge in [0.15, 0.2) is 0 Å². The van der Waals surface area contributed by atoms with Crippen molar-refractivity contribution in [2.45, 2.75) is 13.3 Å². The van der Waals surface area contributed by atoms with Crippen LogP contribution in [0.4, 0.5) is 0 Å². The summed E-state index contributed by atoms with van der Waals surface area (Å²) in [7, 11) is 0. The molecule has 0 atom stereocenters. The van der Waals surface area contributed by atoms with Crippen LogP contribution in [-0.4, -0.2) is 0 Å². The summed E-state index contributed by atoms with van der Waals surface area (Å²) < 4.78 is 0. The van der Waals surface area contributed by atoms with E-state index in [1.165, 1.54) is 27.5 Å². The van der Waals surface area contributed by atoms with Gasteiger partial charge in [-0.3, -0.25) is 0 Å². The van der Waals surface area contributed by atoms with Gasteiger partial charge in [0, 0.05) is 17.1 Å². The van der Waals surface area contributed by atoms with Crippen molar-refractivity contribution in [1.29, 1.82) is 0 Å². The zero-order chi connectivity index (χ0) is 11.0. The fraction of sp³-hybridized carbons (Fsp3) is 0.125. The van der Waals surface area contributed by atoms with Crippen molar-refractivity contribution >= 4 is 16.3 Å². The van der Waals surface area contributed by atoms with Crippen molar-refractivity contribution in [3.05, 3.63) is 65.8 Å².